The SMILES string of the molecule is COc1ccc(Cn2cc(Nc3ncc(Br)c(N[C@H]4[C@@H](C(N)=O)[C@@H]5C=C[C@H]4C5)n3)cn2)cc1F. The van der Waals surface area contributed by atoms with Gasteiger partial charge in [0.15, 0.2) is 11.6 Å². The van der Waals surface area contributed by atoms with E-state index in [0.717, 1.165) is 12.0 Å². The summed E-state index contributed by atoms with van der Waals surface area (Å²) in [4.78, 5) is 20.9. The molecule has 9 nitrogen and oxygen atoms in total. The molecule has 2 aromatic heterocycles. The van der Waals surface area contributed by atoms with Crippen LogP contribution < -0.4 is 21.1 Å². The van der Waals surface area contributed by atoms with Crippen molar-refractivity contribution in [2.75, 3.05) is 17.7 Å². The normalized spacial score (nSPS) is 22.7. The quantitative estimate of drug-likeness (QED) is 0.383. The number of nitrogens with two attached hydrogens (primary N) is 1. The molecule has 1 fully saturated rings. The number of halogens is 2. The number of benzene rings is 1. The van der Waals surface area contributed by atoms with Gasteiger partial charge in [0.1, 0.15) is 5.82 Å². The number of primary amides is 1. The maximum Gasteiger partial charge on any atom is 0.229 e. The third-order valence-corrected chi connectivity index (χ3v) is 6.87. The minimum absolute atomic E-state index is 0.112. The van der Waals surface area contributed by atoms with Crippen LogP contribution in [-0.4, -0.2) is 38.8 Å². The second-order valence-corrected chi connectivity index (χ2v) is 9.31. The fourth-order valence-corrected chi connectivity index (χ4v) is 5.04. The minimum Gasteiger partial charge on any atom is -0.494 e. The Labute approximate surface area is 203 Å². The molecule has 3 aromatic rings. The molecule has 1 saturated carbocycles. The molecule has 1 amide bonds. The molecule has 0 aliphatic heterocycles. The molecular formula is C23H23BrFN7O2. The molecule has 2 heterocycles. The maximum absolute atomic E-state index is 14.0. The number of rotatable bonds is 8. The summed E-state index contributed by atoms with van der Waals surface area (Å²) in [6.45, 7) is 0.392. The number of carbonyl (C=O) groups is 1. The van der Waals surface area contributed by atoms with Crippen LogP contribution in [0.3, 0.4) is 0 Å². The molecule has 2 bridgehead atoms. The van der Waals surface area contributed by atoms with Crippen molar-refractivity contribution in [1.82, 2.24) is 19.7 Å². The molecule has 0 saturated heterocycles. The molecule has 4 atom stereocenters. The van der Waals surface area contributed by atoms with E-state index < -0.39 is 5.82 Å². The van der Waals surface area contributed by atoms with Crippen molar-refractivity contribution in [2.45, 2.75) is 19.0 Å². The predicted molar refractivity (Wildman–Crippen MR) is 128 cm³/mol. The highest BCUT2D eigenvalue weighted by Gasteiger charge is 2.47. The minimum atomic E-state index is -0.418. The molecule has 34 heavy (non-hydrogen) atoms. The first-order valence-corrected chi connectivity index (χ1v) is 11.6. The number of methoxy groups -OCH3 is 1. The highest BCUT2D eigenvalue weighted by molar-refractivity contribution is 9.10. The summed E-state index contributed by atoms with van der Waals surface area (Å²) in [6.07, 6.45) is 10.2. The summed E-state index contributed by atoms with van der Waals surface area (Å²) in [5, 5.41) is 10.8. The number of hydrogen-bond donors (Lipinski definition) is 3. The van der Waals surface area contributed by atoms with Crippen molar-refractivity contribution >= 4 is 39.3 Å². The summed E-state index contributed by atoms with van der Waals surface area (Å²) in [5.41, 5.74) is 7.11. The monoisotopic (exact) mass is 527 g/mol. The Morgan fingerprint density at radius 3 is 2.91 bits per heavy atom. The van der Waals surface area contributed by atoms with Gasteiger partial charge in [0.2, 0.25) is 11.9 Å². The van der Waals surface area contributed by atoms with Gasteiger partial charge in [-0.2, -0.15) is 10.1 Å². The average Bonchev–Trinajstić information content (AvgIpc) is 3.53. The summed E-state index contributed by atoms with van der Waals surface area (Å²) < 4.78 is 21.3. The number of fused-ring (bicyclic) bond motifs is 2. The van der Waals surface area contributed by atoms with Gasteiger partial charge in [0, 0.05) is 18.4 Å². The van der Waals surface area contributed by atoms with E-state index in [1.165, 1.54) is 13.2 Å². The van der Waals surface area contributed by atoms with Gasteiger partial charge in [-0.25, -0.2) is 9.37 Å². The zero-order valence-corrected chi connectivity index (χ0v) is 19.9. The predicted octanol–water partition coefficient (Wildman–Crippen LogP) is 3.46. The molecule has 176 valence electrons. The maximum atomic E-state index is 14.0. The zero-order valence-electron chi connectivity index (χ0n) is 18.3. The zero-order chi connectivity index (χ0) is 23.8. The first-order chi connectivity index (χ1) is 16.4. The van der Waals surface area contributed by atoms with Crippen LogP contribution in [-0.2, 0) is 11.3 Å². The van der Waals surface area contributed by atoms with E-state index in [2.05, 4.69) is 53.8 Å². The molecule has 0 unspecified atom stereocenters. The first kappa shape index (κ1) is 22.3. The molecular weight excluding hydrogens is 505 g/mol. The fourth-order valence-electron chi connectivity index (χ4n) is 4.73. The van der Waals surface area contributed by atoms with Crippen molar-refractivity contribution in [3.05, 3.63) is 64.8 Å². The van der Waals surface area contributed by atoms with Crippen LogP contribution in [0.2, 0.25) is 0 Å². The van der Waals surface area contributed by atoms with E-state index in [1.807, 2.05) is 0 Å². The van der Waals surface area contributed by atoms with E-state index in [9.17, 15) is 9.18 Å². The number of aromatic nitrogens is 4. The van der Waals surface area contributed by atoms with E-state index >= 15 is 0 Å². The van der Waals surface area contributed by atoms with E-state index in [4.69, 9.17) is 10.5 Å². The van der Waals surface area contributed by atoms with Gasteiger partial charge < -0.3 is 21.1 Å². The number of anilines is 3. The second-order valence-electron chi connectivity index (χ2n) is 8.46. The highest BCUT2D eigenvalue weighted by Crippen LogP contribution is 2.45. The number of nitrogens with zero attached hydrogens (tertiary/aromatic N) is 4. The smallest absolute Gasteiger partial charge is 0.229 e. The van der Waals surface area contributed by atoms with Gasteiger partial charge in [0.05, 0.1) is 35.9 Å². The van der Waals surface area contributed by atoms with Crippen LogP contribution in [0.1, 0.15) is 12.0 Å². The van der Waals surface area contributed by atoms with Gasteiger partial charge in [-0.15, -0.1) is 0 Å². The van der Waals surface area contributed by atoms with E-state index in [1.54, 1.807) is 35.4 Å². The van der Waals surface area contributed by atoms with E-state index in [-0.39, 0.29) is 35.5 Å². The molecule has 2 aliphatic carbocycles. The van der Waals surface area contributed by atoms with Crippen molar-refractivity contribution in [1.29, 1.82) is 0 Å². The van der Waals surface area contributed by atoms with Crippen LogP contribution in [0.5, 0.6) is 5.75 Å². The topological polar surface area (TPSA) is 120 Å². The number of carbonyl (C=O) groups excluding carboxylic acids is 1. The molecule has 2 aliphatic rings. The van der Waals surface area contributed by atoms with Crippen LogP contribution in [0.15, 0.2) is 53.4 Å². The van der Waals surface area contributed by atoms with Crippen LogP contribution in [0, 0.1) is 23.6 Å². The van der Waals surface area contributed by atoms with Gasteiger partial charge >= 0.3 is 0 Å². The standard InChI is InChI=1S/C23H23BrFN7O2/c1-34-18-5-2-12(6-17(18)25)10-32-11-15(8-28-32)29-23-27-9-16(24)22(31-23)30-20-14-4-3-13(7-14)19(20)21(26)33/h2-6,8-9,11,13-14,19-20H,7,10H2,1H3,(H2,26,33)(H2,27,29,30,31)/t13-,14+,19+,20-/m1/s1. The lowest BCUT2D eigenvalue weighted by atomic mass is 9.88. The number of amides is 1. The number of allylic oxidation sites excluding steroid dienone is 1. The van der Waals surface area contributed by atoms with Crippen molar-refractivity contribution in [2.24, 2.45) is 23.5 Å². The summed E-state index contributed by atoms with van der Waals surface area (Å²) in [6, 6.07) is 4.69. The lowest BCUT2D eigenvalue weighted by Gasteiger charge is -2.27. The third kappa shape index (κ3) is 4.35. The van der Waals surface area contributed by atoms with Crippen LogP contribution in [0.25, 0.3) is 0 Å². The Bertz CT molecular complexity index is 1260. The summed E-state index contributed by atoms with van der Waals surface area (Å²) in [5.74, 6) is 0.567. The first-order valence-electron chi connectivity index (χ1n) is 10.8. The number of hydrogen-bond acceptors (Lipinski definition) is 7. The molecule has 11 heteroatoms. The lowest BCUT2D eigenvalue weighted by Crippen LogP contribution is -2.41. The number of ether oxygens (including phenoxy) is 1. The average molecular weight is 528 g/mol. The Kier molecular flexibility index (Phi) is 5.94. The van der Waals surface area contributed by atoms with Gasteiger partial charge in [0.25, 0.3) is 0 Å². The fraction of sp³-hybridized carbons (Fsp3) is 0.304. The summed E-state index contributed by atoms with van der Waals surface area (Å²) >= 11 is 3.48. The summed E-state index contributed by atoms with van der Waals surface area (Å²) in [7, 11) is 1.43. The Morgan fingerprint density at radius 2 is 2.15 bits per heavy atom. The molecule has 0 spiro atoms. The van der Waals surface area contributed by atoms with Gasteiger partial charge in [-0.3, -0.25) is 9.48 Å². The van der Waals surface area contributed by atoms with Gasteiger partial charge in [-0.1, -0.05) is 18.2 Å². The molecule has 0 radical (unpaired) electrons. The van der Waals surface area contributed by atoms with Crippen LogP contribution >= 0.6 is 15.9 Å². The van der Waals surface area contributed by atoms with Crippen molar-refractivity contribution in [3.8, 4) is 5.75 Å². The van der Waals surface area contributed by atoms with Crippen molar-refractivity contribution in [3.63, 3.8) is 0 Å². The molecule has 5 rings (SSSR count). The van der Waals surface area contributed by atoms with Crippen LogP contribution in [0.4, 0.5) is 21.8 Å². The second kappa shape index (κ2) is 9.05. The molecule has 1 aromatic carbocycles. The Hall–Kier alpha value is -3.47. The highest BCUT2D eigenvalue weighted by atomic mass is 79.9. The third-order valence-electron chi connectivity index (χ3n) is 6.29. The molecule has 4 N–H and O–H groups in total. The number of nitrogens with one attached hydrogen (secondary N) is 2. The van der Waals surface area contributed by atoms with Crippen molar-refractivity contribution < 1.29 is 13.9 Å². The lowest BCUT2D eigenvalue weighted by molar-refractivity contribution is -0.122. The van der Waals surface area contributed by atoms with E-state index in [0.29, 0.717) is 28.5 Å². The Morgan fingerprint density at radius 1 is 1.32 bits per heavy atom. The van der Waals surface area contributed by atoms with Gasteiger partial charge in [-0.05, 0) is 51.9 Å². The largest absolute Gasteiger partial charge is 0.494 e. The Balaban J connectivity index is 1.28.